The molecule has 0 aliphatic heterocycles. The molecule has 0 aliphatic carbocycles. The van der Waals surface area contributed by atoms with Gasteiger partial charge in [-0.05, 0) is 35.1 Å². The van der Waals surface area contributed by atoms with Crippen molar-refractivity contribution in [1.29, 1.82) is 0 Å². The fourth-order valence-electron chi connectivity index (χ4n) is 2.62. The van der Waals surface area contributed by atoms with E-state index < -0.39 is 0 Å². The van der Waals surface area contributed by atoms with Crippen molar-refractivity contribution in [3.8, 4) is 22.6 Å². The van der Waals surface area contributed by atoms with E-state index in [-0.39, 0.29) is 23.3 Å². The van der Waals surface area contributed by atoms with Gasteiger partial charge in [0.15, 0.2) is 0 Å². The van der Waals surface area contributed by atoms with Crippen molar-refractivity contribution in [3.63, 3.8) is 0 Å². The summed E-state index contributed by atoms with van der Waals surface area (Å²) < 4.78 is 0. The third-order valence-electron chi connectivity index (χ3n) is 3.64. The molecule has 2 rings (SSSR count). The van der Waals surface area contributed by atoms with E-state index >= 15 is 0 Å². The van der Waals surface area contributed by atoms with Gasteiger partial charge >= 0.3 is 0 Å². The molecule has 0 saturated carbocycles. The Labute approximate surface area is 120 Å². The number of hydrogen-bond donors (Lipinski definition) is 2. The van der Waals surface area contributed by atoms with Crippen LogP contribution in [0.3, 0.4) is 0 Å². The van der Waals surface area contributed by atoms with E-state index in [9.17, 15) is 10.2 Å². The van der Waals surface area contributed by atoms with Crippen LogP contribution in [0.25, 0.3) is 11.1 Å². The minimum atomic E-state index is 0.222. The van der Waals surface area contributed by atoms with Gasteiger partial charge in [0.1, 0.15) is 11.5 Å². The van der Waals surface area contributed by atoms with E-state index in [0.29, 0.717) is 0 Å². The fraction of sp³-hybridized carbons (Fsp3) is 0.333. The van der Waals surface area contributed by atoms with Crippen LogP contribution in [0.2, 0.25) is 0 Å². The van der Waals surface area contributed by atoms with Gasteiger partial charge in [-0.1, -0.05) is 52.0 Å². The van der Waals surface area contributed by atoms with Gasteiger partial charge in [-0.25, -0.2) is 0 Å². The lowest BCUT2D eigenvalue weighted by atomic mass is 9.86. The number of hydrogen-bond acceptors (Lipinski definition) is 2. The molecule has 106 valence electrons. The summed E-state index contributed by atoms with van der Waals surface area (Å²) in [7, 11) is 0. The van der Waals surface area contributed by atoms with Crippen molar-refractivity contribution in [1.82, 2.24) is 0 Å². The first-order valence-electron chi connectivity index (χ1n) is 7.07. The zero-order valence-electron chi connectivity index (χ0n) is 12.5. The molecule has 0 bridgehead atoms. The summed E-state index contributed by atoms with van der Waals surface area (Å²) in [5.41, 5.74) is 3.61. The minimum Gasteiger partial charge on any atom is -0.507 e. The SMILES string of the molecule is CC(C)c1cccc(O)c1-c1c(O)cccc1C(C)C. The second kappa shape index (κ2) is 5.58. The molecule has 0 atom stereocenters. The monoisotopic (exact) mass is 270 g/mol. The normalized spacial score (nSPS) is 11.3. The molecular formula is C18H22O2. The molecule has 0 spiro atoms. The number of aromatic hydroxyl groups is 2. The van der Waals surface area contributed by atoms with E-state index in [1.807, 2.05) is 24.3 Å². The lowest BCUT2D eigenvalue weighted by molar-refractivity contribution is 0.467. The first-order chi connectivity index (χ1) is 9.43. The Balaban J connectivity index is 2.81. The summed E-state index contributed by atoms with van der Waals surface area (Å²) in [6.07, 6.45) is 0. The average molecular weight is 270 g/mol. The van der Waals surface area contributed by atoms with Gasteiger partial charge in [-0.3, -0.25) is 0 Å². The Morgan fingerprint density at radius 1 is 0.650 bits per heavy atom. The van der Waals surface area contributed by atoms with Gasteiger partial charge in [0.2, 0.25) is 0 Å². The van der Waals surface area contributed by atoms with Gasteiger partial charge in [-0.2, -0.15) is 0 Å². The van der Waals surface area contributed by atoms with Crippen LogP contribution in [0, 0.1) is 0 Å². The Bertz CT molecular complexity index is 557. The summed E-state index contributed by atoms with van der Waals surface area (Å²) in [4.78, 5) is 0. The second-order valence-electron chi connectivity index (χ2n) is 5.79. The lowest BCUT2D eigenvalue weighted by Gasteiger charge is -2.20. The topological polar surface area (TPSA) is 40.5 Å². The summed E-state index contributed by atoms with van der Waals surface area (Å²) in [6, 6.07) is 11.1. The molecule has 2 nitrogen and oxygen atoms in total. The van der Waals surface area contributed by atoms with Crippen LogP contribution in [0.4, 0.5) is 0 Å². The van der Waals surface area contributed by atoms with Gasteiger partial charge in [0.25, 0.3) is 0 Å². The van der Waals surface area contributed by atoms with Crippen LogP contribution in [-0.4, -0.2) is 10.2 Å². The van der Waals surface area contributed by atoms with Gasteiger partial charge in [0, 0.05) is 11.1 Å². The maximum absolute atomic E-state index is 10.3. The van der Waals surface area contributed by atoms with Gasteiger partial charge in [0.05, 0.1) is 0 Å². The van der Waals surface area contributed by atoms with Crippen molar-refractivity contribution in [2.24, 2.45) is 0 Å². The predicted octanol–water partition coefficient (Wildman–Crippen LogP) is 5.01. The fourth-order valence-corrected chi connectivity index (χ4v) is 2.62. The van der Waals surface area contributed by atoms with Crippen molar-refractivity contribution in [2.75, 3.05) is 0 Å². The molecule has 0 radical (unpaired) electrons. The molecule has 0 aromatic heterocycles. The highest BCUT2D eigenvalue weighted by Gasteiger charge is 2.20. The predicted molar refractivity (Wildman–Crippen MR) is 83.4 cm³/mol. The molecule has 0 fully saturated rings. The minimum absolute atomic E-state index is 0.222. The molecular weight excluding hydrogens is 248 g/mol. The van der Waals surface area contributed by atoms with Crippen LogP contribution >= 0.6 is 0 Å². The maximum Gasteiger partial charge on any atom is 0.123 e. The Morgan fingerprint density at radius 2 is 1.00 bits per heavy atom. The van der Waals surface area contributed by atoms with Crippen LogP contribution in [0.1, 0.15) is 50.7 Å². The van der Waals surface area contributed by atoms with Crippen LogP contribution in [0.5, 0.6) is 11.5 Å². The molecule has 2 aromatic carbocycles. The van der Waals surface area contributed by atoms with Crippen molar-refractivity contribution >= 4 is 0 Å². The van der Waals surface area contributed by atoms with Gasteiger partial charge in [-0.15, -0.1) is 0 Å². The number of phenols is 2. The number of benzene rings is 2. The molecule has 0 unspecified atom stereocenters. The molecule has 0 heterocycles. The molecule has 0 amide bonds. The van der Waals surface area contributed by atoms with E-state index in [2.05, 4.69) is 27.7 Å². The van der Waals surface area contributed by atoms with Crippen LogP contribution in [0.15, 0.2) is 36.4 Å². The summed E-state index contributed by atoms with van der Waals surface area (Å²) in [6.45, 7) is 8.36. The largest absolute Gasteiger partial charge is 0.507 e. The van der Waals surface area contributed by atoms with Gasteiger partial charge < -0.3 is 10.2 Å². The quantitative estimate of drug-likeness (QED) is 0.822. The number of phenolic OH excluding ortho intramolecular Hbond substituents is 2. The number of rotatable bonds is 3. The third kappa shape index (κ3) is 2.51. The summed E-state index contributed by atoms with van der Waals surface area (Å²) in [5.74, 6) is 0.993. The molecule has 2 heteroatoms. The Kier molecular flexibility index (Phi) is 4.03. The van der Waals surface area contributed by atoms with E-state index in [0.717, 1.165) is 22.3 Å². The Morgan fingerprint density at radius 3 is 1.30 bits per heavy atom. The first-order valence-corrected chi connectivity index (χ1v) is 7.07. The smallest absolute Gasteiger partial charge is 0.123 e. The zero-order valence-corrected chi connectivity index (χ0v) is 12.5. The highest BCUT2D eigenvalue weighted by atomic mass is 16.3. The standard InChI is InChI=1S/C18H22O2/c1-11(2)13-7-5-9-15(19)17(13)18-14(12(3)4)8-6-10-16(18)20/h5-12,19-20H,1-4H3. The molecule has 2 N–H and O–H groups in total. The average Bonchev–Trinajstić information content (AvgIpc) is 2.38. The lowest BCUT2D eigenvalue weighted by Crippen LogP contribution is -1.98. The third-order valence-corrected chi connectivity index (χ3v) is 3.64. The second-order valence-corrected chi connectivity index (χ2v) is 5.79. The molecule has 20 heavy (non-hydrogen) atoms. The highest BCUT2D eigenvalue weighted by Crippen LogP contribution is 2.44. The highest BCUT2D eigenvalue weighted by molar-refractivity contribution is 5.81. The van der Waals surface area contributed by atoms with Crippen molar-refractivity contribution in [2.45, 2.75) is 39.5 Å². The Hall–Kier alpha value is -1.96. The summed E-state index contributed by atoms with van der Waals surface area (Å²) in [5, 5.41) is 20.6. The van der Waals surface area contributed by atoms with E-state index in [1.54, 1.807) is 12.1 Å². The molecule has 0 aliphatic rings. The molecule has 0 saturated heterocycles. The molecule has 2 aromatic rings. The summed E-state index contributed by atoms with van der Waals surface area (Å²) >= 11 is 0. The van der Waals surface area contributed by atoms with Crippen molar-refractivity contribution in [3.05, 3.63) is 47.5 Å². The van der Waals surface area contributed by atoms with Crippen molar-refractivity contribution < 1.29 is 10.2 Å². The van der Waals surface area contributed by atoms with E-state index in [1.165, 1.54) is 0 Å². The zero-order chi connectivity index (χ0) is 14.9. The maximum atomic E-state index is 10.3. The van der Waals surface area contributed by atoms with Crippen LogP contribution in [-0.2, 0) is 0 Å². The van der Waals surface area contributed by atoms with Crippen LogP contribution < -0.4 is 0 Å². The van der Waals surface area contributed by atoms with E-state index in [4.69, 9.17) is 0 Å². The first kappa shape index (κ1) is 14.4.